The Morgan fingerprint density at radius 1 is 1.35 bits per heavy atom. The molecular formula is C13H19FN2O. The van der Waals surface area contributed by atoms with Gasteiger partial charge in [-0.3, -0.25) is 4.79 Å². The third-order valence-corrected chi connectivity index (χ3v) is 2.46. The minimum Gasteiger partial charge on any atom is -0.355 e. The van der Waals surface area contributed by atoms with Gasteiger partial charge in [0.05, 0.1) is 0 Å². The molecule has 1 aromatic carbocycles. The molecule has 0 radical (unpaired) electrons. The first-order valence-corrected chi connectivity index (χ1v) is 5.74. The summed E-state index contributed by atoms with van der Waals surface area (Å²) in [6, 6.07) is 6.56. The summed E-state index contributed by atoms with van der Waals surface area (Å²) in [7, 11) is 3.90. The van der Waals surface area contributed by atoms with Gasteiger partial charge in [0.1, 0.15) is 5.82 Å². The number of benzene rings is 1. The maximum absolute atomic E-state index is 13.3. The van der Waals surface area contributed by atoms with Crippen molar-refractivity contribution in [2.24, 2.45) is 0 Å². The van der Waals surface area contributed by atoms with Crippen LogP contribution in [0, 0.1) is 5.82 Å². The number of nitrogens with zero attached hydrogens (tertiary/aromatic N) is 1. The number of nitrogens with one attached hydrogen (secondary N) is 1. The molecule has 0 atom stereocenters. The van der Waals surface area contributed by atoms with Gasteiger partial charge in [0.2, 0.25) is 5.91 Å². The molecule has 0 aliphatic rings. The predicted octanol–water partition coefficient (Wildman–Crippen LogP) is 1.44. The molecule has 0 bridgehead atoms. The van der Waals surface area contributed by atoms with Crippen molar-refractivity contribution in [2.45, 2.75) is 12.8 Å². The summed E-state index contributed by atoms with van der Waals surface area (Å²) in [4.78, 5) is 13.5. The van der Waals surface area contributed by atoms with Crippen LogP contribution in [0.15, 0.2) is 24.3 Å². The van der Waals surface area contributed by atoms with Crippen molar-refractivity contribution in [1.82, 2.24) is 10.2 Å². The fourth-order valence-corrected chi connectivity index (χ4v) is 1.46. The van der Waals surface area contributed by atoms with Crippen LogP contribution >= 0.6 is 0 Å². The smallest absolute Gasteiger partial charge is 0.220 e. The zero-order chi connectivity index (χ0) is 12.7. The summed E-state index contributed by atoms with van der Waals surface area (Å²) < 4.78 is 13.3. The average Bonchev–Trinajstić information content (AvgIpc) is 2.27. The lowest BCUT2D eigenvalue weighted by molar-refractivity contribution is -0.121. The van der Waals surface area contributed by atoms with Crippen molar-refractivity contribution in [3.63, 3.8) is 0 Å². The number of likely N-dealkylation sites (N-methyl/N-ethyl adjacent to an activating group) is 1. The Labute approximate surface area is 102 Å². The van der Waals surface area contributed by atoms with Crippen LogP contribution in [-0.2, 0) is 11.2 Å². The third-order valence-electron chi connectivity index (χ3n) is 2.46. The summed E-state index contributed by atoms with van der Waals surface area (Å²) in [5.74, 6) is -0.274. The number of carbonyl (C=O) groups excluding carboxylic acids is 1. The van der Waals surface area contributed by atoms with Crippen molar-refractivity contribution >= 4 is 5.91 Å². The molecule has 17 heavy (non-hydrogen) atoms. The molecule has 4 heteroatoms. The van der Waals surface area contributed by atoms with E-state index in [-0.39, 0.29) is 11.7 Å². The summed E-state index contributed by atoms with van der Waals surface area (Å²) in [5, 5.41) is 2.80. The number of rotatable bonds is 6. The zero-order valence-corrected chi connectivity index (χ0v) is 10.4. The van der Waals surface area contributed by atoms with Crippen LogP contribution in [0.1, 0.15) is 12.0 Å². The first kappa shape index (κ1) is 13.6. The summed E-state index contributed by atoms with van der Waals surface area (Å²) in [6.45, 7) is 1.44. The van der Waals surface area contributed by atoms with Crippen LogP contribution in [0.3, 0.4) is 0 Å². The maximum Gasteiger partial charge on any atom is 0.220 e. The van der Waals surface area contributed by atoms with E-state index in [2.05, 4.69) is 5.32 Å². The topological polar surface area (TPSA) is 32.3 Å². The quantitative estimate of drug-likeness (QED) is 0.813. The molecule has 0 saturated carbocycles. The largest absolute Gasteiger partial charge is 0.355 e. The van der Waals surface area contributed by atoms with Crippen molar-refractivity contribution in [2.75, 3.05) is 27.2 Å². The van der Waals surface area contributed by atoms with Crippen molar-refractivity contribution in [3.8, 4) is 0 Å². The Kier molecular flexibility index (Phi) is 5.63. The number of amides is 1. The van der Waals surface area contributed by atoms with Gasteiger partial charge in [0.25, 0.3) is 0 Å². The molecule has 0 aromatic heterocycles. The zero-order valence-electron chi connectivity index (χ0n) is 10.4. The highest BCUT2D eigenvalue weighted by Crippen LogP contribution is 2.08. The van der Waals surface area contributed by atoms with E-state index in [1.165, 1.54) is 6.07 Å². The van der Waals surface area contributed by atoms with E-state index in [1.807, 2.05) is 19.0 Å². The van der Waals surface area contributed by atoms with Crippen LogP contribution < -0.4 is 5.32 Å². The molecule has 0 heterocycles. The van der Waals surface area contributed by atoms with E-state index in [1.54, 1.807) is 18.2 Å². The van der Waals surface area contributed by atoms with Crippen LogP contribution in [0.2, 0.25) is 0 Å². The second kappa shape index (κ2) is 7.01. The summed E-state index contributed by atoms with van der Waals surface area (Å²) in [6.07, 6.45) is 0.773. The van der Waals surface area contributed by atoms with Crippen molar-refractivity contribution in [1.29, 1.82) is 0 Å². The number of aryl methyl sites for hydroxylation is 1. The lowest BCUT2D eigenvalue weighted by atomic mass is 10.1. The molecule has 1 N–H and O–H groups in total. The van der Waals surface area contributed by atoms with Gasteiger partial charge in [-0.15, -0.1) is 0 Å². The first-order valence-electron chi connectivity index (χ1n) is 5.74. The van der Waals surface area contributed by atoms with Crippen LogP contribution in [0.4, 0.5) is 4.39 Å². The monoisotopic (exact) mass is 238 g/mol. The Morgan fingerprint density at radius 2 is 2.06 bits per heavy atom. The molecule has 0 unspecified atom stereocenters. The minimum absolute atomic E-state index is 0.0323. The maximum atomic E-state index is 13.3. The molecule has 0 saturated heterocycles. The fraction of sp³-hybridized carbons (Fsp3) is 0.462. The molecule has 1 rings (SSSR count). The molecule has 3 nitrogen and oxygen atoms in total. The average molecular weight is 238 g/mol. The molecule has 94 valence electrons. The second-order valence-corrected chi connectivity index (χ2v) is 4.24. The first-order chi connectivity index (χ1) is 8.09. The summed E-state index contributed by atoms with van der Waals surface area (Å²) >= 11 is 0. The number of hydrogen-bond acceptors (Lipinski definition) is 2. The molecule has 1 amide bonds. The lowest BCUT2D eigenvalue weighted by Gasteiger charge is -2.10. The van der Waals surface area contributed by atoms with E-state index in [0.29, 0.717) is 24.9 Å². The Hall–Kier alpha value is -1.42. The summed E-state index contributed by atoms with van der Waals surface area (Å²) in [5.41, 5.74) is 0.593. The van der Waals surface area contributed by atoms with E-state index in [0.717, 1.165) is 6.54 Å². The number of carbonyl (C=O) groups is 1. The highest BCUT2D eigenvalue weighted by molar-refractivity contribution is 5.76. The number of hydrogen-bond donors (Lipinski definition) is 1. The number of halogens is 1. The standard InChI is InChI=1S/C13H19FN2O/c1-16(2)10-9-15-13(17)8-7-11-5-3-4-6-12(11)14/h3-6H,7-10H2,1-2H3,(H,15,17). The Morgan fingerprint density at radius 3 is 2.71 bits per heavy atom. The SMILES string of the molecule is CN(C)CCNC(=O)CCc1ccccc1F. The second-order valence-electron chi connectivity index (χ2n) is 4.24. The van der Waals surface area contributed by atoms with Crippen LogP contribution in [0.25, 0.3) is 0 Å². The predicted molar refractivity (Wildman–Crippen MR) is 66.3 cm³/mol. The Balaban J connectivity index is 2.26. The molecule has 0 fully saturated rings. The molecular weight excluding hydrogens is 219 g/mol. The molecule has 0 spiro atoms. The minimum atomic E-state index is -0.242. The highest BCUT2D eigenvalue weighted by Gasteiger charge is 2.05. The third kappa shape index (κ3) is 5.45. The molecule has 1 aromatic rings. The van der Waals surface area contributed by atoms with E-state index in [4.69, 9.17) is 0 Å². The van der Waals surface area contributed by atoms with Gasteiger partial charge in [-0.1, -0.05) is 18.2 Å². The van der Waals surface area contributed by atoms with Gasteiger partial charge in [0, 0.05) is 19.5 Å². The van der Waals surface area contributed by atoms with Gasteiger partial charge < -0.3 is 10.2 Å². The fourth-order valence-electron chi connectivity index (χ4n) is 1.46. The van der Waals surface area contributed by atoms with Gasteiger partial charge in [-0.25, -0.2) is 4.39 Å². The van der Waals surface area contributed by atoms with Crippen molar-refractivity contribution in [3.05, 3.63) is 35.6 Å². The normalized spacial score (nSPS) is 10.6. The van der Waals surface area contributed by atoms with Crippen LogP contribution in [0.5, 0.6) is 0 Å². The lowest BCUT2D eigenvalue weighted by Crippen LogP contribution is -2.31. The molecule has 0 aliphatic carbocycles. The van der Waals surface area contributed by atoms with Crippen molar-refractivity contribution < 1.29 is 9.18 Å². The van der Waals surface area contributed by atoms with Gasteiger partial charge in [0.15, 0.2) is 0 Å². The molecule has 0 aliphatic heterocycles. The highest BCUT2D eigenvalue weighted by atomic mass is 19.1. The van der Waals surface area contributed by atoms with E-state index in [9.17, 15) is 9.18 Å². The van der Waals surface area contributed by atoms with Gasteiger partial charge in [-0.05, 0) is 32.1 Å². The Bertz CT molecular complexity index is 366. The van der Waals surface area contributed by atoms with Gasteiger partial charge >= 0.3 is 0 Å². The van der Waals surface area contributed by atoms with Crippen LogP contribution in [-0.4, -0.2) is 38.0 Å². The van der Waals surface area contributed by atoms with Gasteiger partial charge in [-0.2, -0.15) is 0 Å². The van der Waals surface area contributed by atoms with E-state index < -0.39 is 0 Å². The van der Waals surface area contributed by atoms with E-state index >= 15 is 0 Å².